The van der Waals surface area contributed by atoms with Crippen LogP contribution in [0.25, 0.3) is 0 Å². The fourth-order valence-electron chi connectivity index (χ4n) is 2.35. The molecule has 1 heterocycles. The largest absolute Gasteiger partial charge is 0.399 e. The van der Waals surface area contributed by atoms with Crippen molar-refractivity contribution < 1.29 is 13.5 Å². The monoisotopic (exact) mass is 338 g/mol. The third kappa shape index (κ3) is 3.04. The maximum atomic E-state index is 12.6. The molecule has 5 nitrogen and oxygen atoms in total. The number of benzene rings is 1. The van der Waals surface area contributed by atoms with Crippen LogP contribution in [0.1, 0.15) is 12.8 Å². The molecular formula is C12H16Cl2N2O3S. The molecule has 1 atom stereocenters. The zero-order valence-electron chi connectivity index (χ0n) is 10.7. The third-order valence-electron chi connectivity index (χ3n) is 3.36. The lowest BCUT2D eigenvalue weighted by atomic mass is 10.0. The molecule has 1 aromatic carbocycles. The first kappa shape index (κ1) is 15.9. The Hall–Kier alpha value is -0.530. The number of sulfonamides is 1. The molecular weight excluding hydrogens is 323 g/mol. The van der Waals surface area contributed by atoms with Crippen LogP contribution in [0.5, 0.6) is 0 Å². The second-order valence-corrected chi connectivity index (χ2v) is 7.56. The molecule has 0 aliphatic carbocycles. The van der Waals surface area contributed by atoms with Crippen molar-refractivity contribution in [3.8, 4) is 0 Å². The normalized spacial score (nSPS) is 21.1. The number of nitrogens with two attached hydrogens (primary N) is 1. The Morgan fingerprint density at radius 3 is 2.50 bits per heavy atom. The van der Waals surface area contributed by atoms with Gasteiger partial charge in [-0.15, -0.1) is 0 Å². The highest BCUT2D eigenvalue weighted by Gasteiger charge is 2.33. The lowest BCUT2D eigenvalue weighted by Crippen LogP contribution is -2.41. The number of piperidine rings is 1. The van der Waals surface area contributed by atoms with Crippen LogP contribution in [-0.2, 0) is 10.0 Å². The van der Waals surface area contributed by atoms with Crippen LogP contribution in [0.4, 0.5) is 5.69 Å². The van der Waals surface area contributed by atoms with E-state index < -0.39 is 10.0 Å². The smallest absolute Gasteiger partial charge is 0.246 e. The van der Waals surface area contributed by atoms with E-state index in [0.717, 1.165) is 6.42 Å². The average molecular weight is 339 g/mol. The molecule has 1 unspecified atom stereocenters. The molecule has 1 aliphatic rings. The topological polar surface area (TPSA) is 83.6 Å². The SMILES string of the molecule is Nc1cc(Cl)c(S(=O)(=O)N2CCCC(CO)C2)c(Cl)c1. The van der Waals surface area contributed by atoms with Gasteiger partial charge in [0.05, 0.1) is 10.0 Å². The Balaban J connectivity index is 2.40. The molecule has 1 saturated heterocycles. The minimum atomic E-state index is -3.78. The molecule has 0 radical (unpaired) electrons. The van der Waals surface area contributed by atoms with Crippen LogP contribution < -0.4 is 5.73 Å². The molecule has 2 rings (SSSR count). The zero-order chi connectivity index (χ0) is 14.9. The number of hydrogen-bond donors (Lipinski definition) is 2. The number of aliphatic hydroxyl groups excluding tert-OH is 1. The summed E-state index contributed by atoms with van der Waals surface area (Å²) in [4.78, 5) is -0.117. The summed E-state index contributed by atoms with van der Waals surface area (Å²) in [5, 5.41) is 9.23. The fraction of sp³-hybridized carbons (Fsp3) is 0.500. The summed E-state index contributed by atoms with van der Waals surface area (Å²) in [7, 11) is -3.78. The second-order valence-electron chi connectivity index (χ2n) is 4.87. The van der Waals surface area contributed by atoms with Crippen LogP contribution in [0.15, 0.2) is 17.0 Å². The van der Waals surface area contributed by atoms with Gasteiger partial charge in [0.15, 0.2) is 0 Å². The Morgan fingerprint density at radius 2 is 1.95 bits per heavy atom. The number of rotatable bonds is 3. The van der Waals surface area contributed by atoms with Gasteiger partial charge in [-0.3, -0.25) is 0 Å². The van der Waals surface area contributed by atoms with E-state index in [1.807, 2.05) is 0 Å². The van der Waals surface area contributed by atoms with Crippen LogP contribution in [-0.4, -0.2) is 37.5 Å². The minimum Gasteiger partial charge on any atom is -0.399 e. The molecule has 1 fully saturated rings. The van der Waals surface area contributed by atoms with E-state index in [0.29, 0.717) is 18.7 Å². The molecule has 20 heavy (non-hydrogen) atoms. The highest BCUT2D eigenvalue weighted by molar-refractivity contribution is 7.89. The summed E-state index contributed by atoms with van der Waals surface area (Å²) >= 11 is 12.0. The van der Waals surface area contributed by atoms with Crippen LogP contribution >= 0.6 is 23.2 Å². The van der Waals surface area contributed by atoms with E-state index >= 15 is 0 Å². The van der Waals surface area contributed by atoms with Crippen LogP contribution in [0, 0.1) is 5.92 Å². The molecule has 0 amide bonds. The molecule has 112 valence electrons. The summed E-state index contributed by atoms with van der Waals surface area (Å²) in [6.07, 6.45) is 1.51. The third-order valence-corrected chi connectivity index (χ3v) is 6.15. The zero-order valence-corrected chi connectivity index (χ0v) is 13.0. The lowest BCUT2D eigenvalue weighted by molar-refractivity contribution is 0.165. The van der Waals surface area contributed by atoms with Crippen LogP contribution in [0.2, 0.25) is 10.0 Å². The molecule has 1 aromatic rings. The second kappa shape index (κ2) is 6.07. The lowest BCUT2D eigenvalue weighted by Gasteiger charge is -2.31. The van der Waals surface area contributed by atoms with E-state index in [1.54, 1.807) is 0 Å². The molecule has 8 heteroatoms. The van der Waals surface area contributed by atoms with E-state index in [9.17, 15) is 13.5 Å². The van der Waals surface area contributed by atoms with Crippen molar-refractivity contribution in [2.24, 2.45) is 5.92 Å². The van der Waals surface area contributed by atoms with Crippen LogP contribution in [0.3, 0.4) is 0 Å². The van der Waals surface area contributed by atoms with Crippen molar-refractivity contribution >= 4 is 38.9 Å². The molecule has 0 bridgehead atoms. The van der Waals surface area contributed by atoms with Crippen molar-refractivity contribution in [2.45, 2.75) is 17.7 Å². The average Bonchev–Trinajstić information content (AvgIpc) is 2.37. The van der Waals surface area contributed by atoms with Gasteiger partial charge in [-0.2, -0.15) is 4.31 Å². The number of nitrogen functional groups attached to an aromatic ring is 1. The fourth-order valence-corrected chi connectivity index (χ4v) is 5.08. The quantitative estimate of drug-likeness (QED) is 0.825. The van der Waals surface area contributed by atoms with Gasteiger partial charge < -0.3 is 10.8 Å². The predicted octanol–water partition coefficient (Wildman–Crippen LogP) is 1.97. The Bertz CT molecular complexity index is 584. The highest BCUT2D eigenvalue weighted by atomic mass is 35.5. The van der Waals surface area contributed by atoms with Gasteiger partial charge in [0.1, 0.15) is 4.90 Å². The van der Waals surface area contributed by atoms with E-state index in [2.05, 4.69) is 0 Å². The number of hydrogen-bond acceptors (Lipinski definition) is 4. The van der Waals surface area contributed by atoms with Crippen molar-refractivity contribution in [3.63, 3.8) is 0 Å². The number of anilines is 1. The van der Waals surface area contributed by atoms with Gasteiger partial charge in [-0.1, -0.05) is 23.2 Å². The van der Waals surface area contributed by atoms with Gasteiger partial charge >= 0.3 is 0 Å². The van der Waals surface area contributed by atoms with Crippen molar-refractivity contribution in [1.29, 1.82) is 0 Å². The predicted molar refractivity (Wildman–Crippen MR) is 79.4 cm³/mol. The molecule has 0 spiro atoms. The van der Waals surface area contributed by atoms with Crippen molar-refractivity contribution in [3.05, 3.63) is 22.2 Å². The summed E-state index contributed by atoms with van der Waals surface area (Å²) in [6.45, 7) is 0.640. The molecule has 0 saturated carbocycles. The molecule has 0 aromatic heterocycles. The Kier molecular flexibility index (Phi) is 4.81. The molecule has 1 aliphatic heterocycles. The number of halogens is 2. The van der Waals surface area contributed by atoms with E-state index in [-0.39, 0.29) is 34.0 Å². The minimum absolute atomic E-state index is 0.0149. The standard InChI is InChI=1S/C12H16Cl2N2O3S/c13-10-4-9(15)5-11(14)12(10)20(18,19)16-3-1-2-8(6-16)7-17/h4-5,8,17H,1-3,6-7,15H2. The Labute approximate surface area is 128 Å². The summed E-state index contributed by atoms with van der Waals surface area (Å²) in [5.41, 5.74) is 5.89. The van der Waals surface area contributed by atoms with Crippen molar-refractivity contribution in [1.82, 2.24) is 4.31 Å². The first-order valence-electron chi connectivity index (χ1n) is 6.21. The Morgan fingerprint density at radius 1 is 1.35 bits per heavy atom. The first-order valence-corrected chi connectivity index (χ1v) is 8.41. The number of aliphatic hydroxyl groups is 1. The maximum Gasteiger partial charge on any atom is 0.246 e. The summed E-state index contributed by atoms with van der Waals surface area (Å²) < 4.78 is 26.6. The number of nitrogens with zero attached hydrogens (tertiary/aromatic N) is 1. The summed E-state index contributed by atoms with van der Waals surface area (Å²) in [5.74, 6) is -0.0511. The van der Waals surface area contributed by atoms with Gasteiger partial charge in [0.2, 0.25) is 10.0 Å². The van der Waals surface area contributed by atoms with Gasteiger partial charge in [0.25, 0.3) is 0 Å². The van der Waals surface area contributed by atoms with Gasteiger partial charge in [-0.05, 0) is 30.9 Å². The van der Waals surface area contributed by atoms with E-state index in [4.69, 9.17) is 28.9 Å². The van der Waals surface area contributed by atoms with E-state index in [1.165, 1.54) is 16.4 Å². The van der Waals surface area contributed by atoms with Gasteiger partial charge in [0, 0.05) is 25.4 Å². The maximum absolute atomic E-state index is 12.6. The molecule has 3 N–H and O–H groups in total. The van der Waals surface area contributed by atoms with Crippen molar-refractivity contribution in [2.75, 3.05) is 25.4 Å². The summed E-state index contributed by atoms with van der Waals surface area (Å²) in [6, 6.07) is 2.74. The highest BCUT2D eigenvalue weighted by Crippen LogP contribution is 2.35. The van der Waals surface area contributed by atoms with Gasteiger partial charge in [-0.25, -0.2) is 8.42 Å². The first-order chi connectivity index (χ1) is 9.36.